The van der Waals surface area contributed by atoms with Crippen molar-refractivity contribution < 1.29 is 18.0 Å². The minimum absolute atomic E-state index is 0.0131. The maximum Gasteiger partial charge on any atom is 0.272 e. The third kappa shape index (κ3) is 6.18. The quantitative estimate of drug-likeness (QED) is 0.297. The van der Waals surface area contributed by atoms with Crippen LogP contribution in [-0.4, -0.2) is 30.2 Å². The van der Waals surface area contributed by atoms with Crippen LogP contribution in [0.15, 0.2) is 82.3 Å². The van der Waals surface area contributed by atoms with Crippen LogP contribution in [0.3, 0.4) is 0 Å². The Balaban J connectivity index is 1.54. The average molecular weight is 526 g/mol. The topological polar surface area (TPSA) is 130 Å². The minimum Gasteiger partial charge on any atom is -0.320 e. The van der Waals surface area contributed by atoms with Gasteiger partial charge in [0.25, 0.3) is 21.8 Å². The Morgan fingerprint density at radius 2 is 1.71 bits per heavy atom. The number of sulfonamides is 1. The fourth-order valence-corrected chi connectivity index (χ4v) is 5.25. The van der Waals surface area contributed by atoms with Gasteiger partial charge in [-0.1, -0.05) is 12.1 Å². The average Bonchev–Trinajstić information content (AvgIpc) is 3.55. The van der Waals surface area contributed by atoms with Crippen LogP contribution in [0.1, 0.15) is 20.1 Å². The lowest BCUT2D eigenvalue weighted by atomic mass is 10.2. The number of aromatic nitrogens is 2. The van der Waals surface area contributed by atoms with Gasteiger partial charge in [0.05, 0.1) is 9.77 Å². The number of nitrogens with one attached hydrogen (secondary N) is 3. The minimum atomic E-state index is -3.93. The van der Waals surface area contributed by atoms with Gasteiger partial charge in [-0.05, 0) is 65.7 Å². The predicted molar refractivity (Wildman–Crippen MR) is 137 cm³/mol. The molecule has 0 aliphatic carbocycles. The summed E-state index contributed by atoms with van der Waals surface area (Å²) >= 11 is 2.68. The van der Waals surface area contributed by atoms with Gasteiger partial charge in [-0.15, -0.1) is 22.7 Å². The Morgan fingerprint density at radius 1 is 0.971 bits per heavy atom. The van der Waals surface area contributed by atoms with Crippen molar-refractivity contribution in [1.29, 1.82) is 0 Å². The number of amides is 2. The van der Waals surface area contributed by atoms with Crippen LogP contribution in [0.4, 0.5) is 11.6 Å². The molecule has 0 unspecified atom stereocenters. The van der Waals surface area contributed by atoms with Crippen molar-refractivity contribution in [2.24, 2.45) is 0 Å². The Morgan fingerprint density at radius 3 is 2.37 bits per heavy atom. The van der Waals surface area contributed by atoms with Gasteiger partial charge in [-0.3, -0.25) is 9.59 Å². The third-order valence-electron chi connectivity index (χ3n) is 4.62. The van der Waals surface area contributed by atoms with Gasteiger partial charge in [0.2, 0.25) is 5.95 Å². The largest absolute Gasteiger partial charge is 0.320 e. The number of carbonyl (C=O) groups excluding carboxylic acids is 2. The van der Waals surface area contributed by atoms with Crippen molar-refractivity contribution in [2.45, 2.75) is 11.8 Å². The second-order valence-corrected chi connectivity index (χ2v) is 10.7. The van der Waals surface area contributed by atoms with E-state index in [9.17, 15) is 18.0 Å². The molecule has 0 bridgehead atoms. The van der Waals surface area contributed by atoms with E-state index in [-0.39, 0.29) is 16.5 Å². The summed E-state index contributed by atoms with van der Waals surface area (Å²) in [5.74, 6) is -0.990. The first-order chi connectivity index (χ1) is 16.8. The second kappa shape index (κ2) is 10.6. The van der Waals surface area contributed by atoms with Gasteiger partial charge in [-0.25, -0.2) is 23.1 Å². The molecule has 0 fully saturated rings. The predicted octanol–water partition coefficient (Wildman–Crippen LogP) is 4.12. The van der Waals surface area contributed by atoms with Crippen molar-refractivity contribution >= 4 is 62.2 Å². The molecule has 0 radical (unpaired) electrons. The summed E-state index contributed by atoms with van der Waals surface area (Å²) in [4.78, 5) is 34.6. The molecule has 0 spiro atoms. The van der Waals surface area contributed by atoms with E-state index < -0.39 is 21.8 Å². The first kappa shape index (κ1) is 24.3. The summed E-state index contributed by atoms with van der Waals surface area (Å²) in [6.45, 7) is 1.67. The molecule has 3 heterocycles. The molecule has 0 aliphatic rings. The SMILES string of the molecule is Cc1cc(S(=O)(=O)Nc2ncccn2)ccc1NC(=O)/C(=C/c1cccs1)NC(=O)c1cccs1. The van der Waals surface area contributed by atoms with Crippen LogP contribution in [0, 0.1) is 6.92 Å². The molecule has 1 aromatic carbocycles. The molecule has 4 rings (SSSR count). The summed E-state index contributed by atoms with van der Waals surface area (Å²) in [7, 11) is -3.93. The molecule has 4 aromatic rings. The van der Waals surface area contributed by atoms with E-state index in [4.69, 9.17) is 0 Å². The van der Waals surface area contributed by atoms with Gasteiger partial charge in [0.15, 0.2) is 0 Å². The summed E-state index contributed by atoms with van der Waals surface area (Å²) in [6, 6.07) is 12.9. The molecular weight excluding hydrogens is 506 g/mol. The number of anilines is 2. The first-order valence-electron chi connectivity index (χ1n) is 10.1. The Bertz CT molecular complexity index is 1470. The van der Waals surface area contributed by atoms with Crippen LogP contribution in [0.2, 0.25) is 0 Å². The second-order valence-electron chi connectivity index (χ2n) is 7.11. The molecule has 3 N–H and O–H groups in total. The van der Waals surface area contributed by atoms with Gasteiger partial charge in [0.1, 0.15) is 5.70 Å². The zero-order valence-electron chi connectivity index (χ0n) is 18.3. The van der Waals surface area contributed by atoms with E-state index in [1.165, 1.54) is 53.3 Å². The smallest absolute Gasteiger partial charge is 0.272 e. The molecule has 2 amide bonds. The lowest BCUT2D eigenvalue weighted by Gasteiger charge is -2.13. The molecule has 9 nitrogen and oxygen atoms in total. The first-order valence-corrected chi connectivity index (χ1v) is 13.4. The van der Waals surface area contributed by atoms with Gasteiger partial charge >= 0.3 is 0 Å². The Labute approximate surface area is 209 Å². The number of hydrogen-bond acceptors (Lipinski definition) is 8. The number of rotatable bonds is 8. The number of hydrogen-bond donors (Lipinski definition) is 3. The number of nitrogens with zero attached hydrogens (tertiary/aromatic N) is 2. The molecule has 0 atom stereocenters. The maximum absolute atomic E-state index is 13.1. The molecular formula is C23H19N5O4S3. The van der Waals surface area contributed by atoms with Crippen molar-refractivity contribution in [1.82, 2.24) is 15.3 Å². The molecule has 0 saturated heterocycles. The Hall–Kier alpha value is -3.87. The van der Waals surface area contributed by atoms with Gasteiger partial charge < -0.3 is 10.6 Å². The standard InChI is InChI=1S/C23H19N5O4S3/c1-15-13-17(35(31,32)28-23-24-9-4-10-25-23)7-8-18(15)26-21(29)19(14-16-5-2-11-33-16)27-22(30)20-6-3-12-34-20/h2-14H,1H3,(H,26,29)(H,27,30)(H,24,25,28)/b19-14-. The lowest BCUT2D eigenvalue weighted by Crippen LogP contribution is -2.30. The molecule has 35 heavy (non-hydrogen) atoms. The fraction of sp³-hybridized carbons (Fsp3) is 0.0435. The summed E-state index contributed by atoms with van der Waals surface area (Å²) in [5, 5.41) is 9.05. The summed E-state index contributed by atoms with van der Waals surface area (Å²) < 4.78 is 27.7. The number of thiophene rings is 2. The molecule has 3 aromatic heterocycles. The highest BCUT2D eigenvalue weighted by Gasteiger charge is 2.19. The zero-order chi connectivity index (χ0) is 24.8. The van der Waals surface area contributed by atoms with E-state index in [0.717, 1.165) is 4.88 Å². The maximum atomic E-state index is 13.1. The van der Waals surface area contributed by atoms with Crippen molar-refractivity contribution in [2.75, 3.05) is 10.0 Å². The van der Waals surface area contributed by atoms with Crippen molar-refractivity contribution in [3.05, 3.63) is 92.7 Å². The highest BCUT2D eigenvalue weighted by atomic mass is 32.2. The van der Waals surface area contributed by atoms with Gasteiger partial charge in [-0.2, -0.15) is 0 Å². The molecule has 0 saturated carbocycles. The van der Waals surface area contributed by atoms with Crippen molar-refractivity contribution in [3.8, 4) is 0 Å². The summed E-state index contributed by atoms with van der Waals surface area (Å²) in [6.07, 6.45) is 4.43. The van der Waals surface area contributed by atoms with Crippen LogP contribution in [0.5, 0.6) is 0 Å². The van der Waals surface area contributed by atoms with E-state index in [2.05, 4.69) is 25.3 Å². The molecule has 12 heteroatoms. The highest BCUT2D eigenvalue weighted by Crippen LogP contribution is 2.22. The molecule has 0 aliphatic heterocycles. The van der Waals surface area contributed by atoms with E-state index in [1.54, 1.807) is 36.6 Å². The van der Waals surface area contributed by atoms with Crippen molar-refractivity contribution in [3.63, 3.8) is 0 Å². The lowest BCUT2D eigenvalue weighted by molar-refractivity contribution is -0.113. The van der Waals surface area contributed by atoms with E-state index in [0.29, 0.717) is 16.1 Å². The zero-order valence-corrected chi connectivity index (χ0v) is 20.7. The fourth-order valence-electron chi connectivity index (χ4n) is 2.93. The monoisotopic (exact) mass is 525 g/mol. The molecule has 178 valence electrons. The van der Waals surface area contributed by atoms with Crippen LogP contribution < -0.4 is 15.4 Å². The van der Waals surface area contributed by atoms with Gasteiger partial charge in [0, 0.05) is 23.0 Å². The Kier molecular flexibility index (Phi) is 7.34. The highest BCUT2D eigenvalue weighted by molar-refractivity contribution is 7.92. The van der Waals surface area contributed by atoms with Crippen LogP contribution in [0.25, 0.3) is 6.08 Å². The van der Waals surface area contributed by atoms with E-state index >= 15 is 0 Å². The number of carbonyl (C=O) groups is 2. The summed E-state index contributed by atoms with van der Waals surface area (Å²) in [5.41, 5.74) is 0.965. The number of benzene rings is 1. The number of aryl methyl sites for hydroxylation is 1. The third-order valence-corrected chi connectivity index (χ3v) is 7.63. The van der Waals surface area contributed by atoms with Crippen LogP contribution >= 0.6 is 22.7 Å². The van der Waals surface area contributed by atoms with Crippen LogP contribution in [-0.2, 0) is 14.8 Å². The van der Waals surface area contributed by atoms with E-state index in [1.807, 2.05) is 17.5 Å². The normalized spacial score (nSPS) is 11.6.